The van der Waals surface area contributed by atoms with E-state index in [1.807, 2.05) is 12.2 Å². The van der Waals surface area contributed by atoms with Crippen molar-refractivity contribution in [2.75, 3.05) is 6.54 Å². The molecule has 0 aromatic rings. The molecule has 0 saturated carbocycles. The third-order valence-electron chi connectivity index (χ3n) is 1.34. The lowest BCUT2D eigenvalue weighted by atomic mass is 10.3. The predicted octanol–water partition coefficient (Wildman–Crippen LogP) is -0.431. The third-order valence-corrected chi connectivity index (χ3v) is 1.34. The summed E-state index contributed by atoms with van der Waals surface area (Å²) in [7, 11) is 0. The van der Waals surface area contributed by atoms with Crippen LogP contribution in [0.25, 0.3) is 0 Å². The van der Waals surface area contributed by atoms with E-state index in [1.54, 1.807) is 6.92 Å². The van der Waals surface area contributed by atoms with Gasteiger partial charge in [-0.3, -0.25) is 10.1 Å². The Labute approximate surface area is 71.7 Å². The van der Waals surface area contributed by atoms with Crippen molar-refractivity contribution in [2.45, 2.75) is 26.3 Å². The number of nitrogens with one attached hydrogen (secondary N) is 2. The summed E-state index contributed by atoms with van der Waals surface area (Å²) in [5.74, 6) is -0.393. The molecular weight excluding hydrogens is 158 g/mol. The molecule has 0 aliphatic rings. The van der Waals surface area contributed by atoms with Crippen LogP contribution in [0.1, 0.15) is 20.3 Å². The molecule has 1 unspecified atom stereocenters. The van der Waals surface area contributed by atoms with Crippen molar-refractivity contribution in [1.82, 2.24) is 10.6 Å². The second-order valence-electron chi connectivity index (χ2n) is 2.53. The molecule has 12 heavy (non-hydrogen) atoms. The maximum Gasteiger partial charge on any atom is 0.318 e. The number of rotatable bonds is 4. The summed E-state index contributed by atoms with van der Waals surface area (Å²) in [4.78, 5) is 21.2. The molecule has 5 nitrogen and oxygen atoms in total. The molecule has 3 amide bonds. The molecule has 0 heterocycles. The zero-order chi connectivity index (χ0) is 9.56. The van der Waals surface area contributed by atoms with Gasteiger partial charge in [0, 0.05) is 0 Å². The average molecular weight is 173 g/mol. The molecule has 0 aliphatic heterocycles. The monoisotopic (exact) mass is 173 g/mol. The Morgan fingerprint density at radius 3 is 2.50 bits per heavy atom. The van der Waals surface area contributed by atoms with E-state index in [9.17, 15) is 9.59 Å². The Balaban J connectivity index is 3.69. The fourth-order valence-electron chi connectivity index (χ4n) is 0.683. The summed E-state index contributed by atoms with van der Waals surface area (Å²) in [6.07, 6.45) is 0.939. The van der Waals surface area contributed by atoms with Crippen molar-refractivity contribution < 1.29 is 9.59 Å². The first-order chi connectivity index (χ1) is 5.57. The number of carbonyl (C=O) groups excluding carboxylic acids is 2. The van der Waals surface area contributed by atoms with Gasteiger partial charge in [-0.25, -0.2) is 4.79 Å². The molecule has 0 rings (SSSR count). The number of hydrogen-bond acceptors (Lipinski definition) is 3. The topological polar surface area (TPSA) is 84.2 Å². The highest BCUT2D eigenvalue weighted by atomic mass is 16.2. The highest BCUT2D eigenvalue weighted by Crippen LogP contribution is 1.82. The van der Waals surface area contributed by atoms with Crippen LogP contribution in [0.2, 0.25) is 0 Å². The lowest BCUT2D eigenvalue weighted by molar-refractivity contribution is -0.121. The second kappa shape index (κ2) is 5.54. The van der Waals surface area contributed by atoms with Crippen LogP contribution in [0.5, 0.6) is 0 Å². The predicted molar refractivity (Wildman–Crippen MR) is 45.5 cm³/mol. The quantitative estimate of drug-likeness (QED) is 0.539. The van der Waals surface area contributed by atoms with Gasteiger partial charge in [-0.05, 0) is 19.9 Å². The van der Waals surface area contributed by atoms with Crippen LogP contribution in [-0.2, 0) is 4.79 Å². The van der Waals surface area contributed by atoms with E-state index >= 15 is 0 Å². The number of nitrogens with two attached hydrogens (primary N) is 1. The summed E-state index contributed by atoms with van der Waals surface area (Å²) >= 11 is 0. The molecule has 70 valence electrons. The number of amides is 3. The van der Waals surface area contributed by atoms with Crippen molar-refractivity contribution in [1.29, 1.82) is 0 Å². The normalized spacial score (nSPS) is 12.2. The van der Waals surface area contributed by atoms with Gasteiger partial charge in [0.2, 0.25) is 5.91 Å². The van der Waals surface area contributed by atoms with Crippen LogP contribution in [0.3, 0.4) is 0 Å². The Bertz CT molecular complexity index is 170. The van der Waals surface area contributed by atoms with Gasteiger partial charge < -0.3 is 11.1 Å². The van der Waals surface area contributed by atoms with Gasteiger partial charge in [-0.15, -0.1) is 0 Å². The molecular formula is C7H15N3O2. The van der Waals surface area contributed by atoms with Gasteiger partial charge in [-0.1, -0.05) is 6.92 Å². The molecule has 0 saturated heterocycles. The van der Waals surface area contributed by atoms with Crippen LogP contribution in [0, 0.1) is 0 Å². The molecule has 0 radical (unpaired) electrons. The van der Waals surface area contributed by atoms with Gasteiger partial charge in [0.05, 0.1) is 6.04 Å². The fourth-order valence-corrected chi connectivity index (χ4v) is 0.683. The maximum atomic E-state index is 11.0. The van der Waals surface area contributed by atoms with Crippen LogP contribution in [0.4, 0.5) is 4.79 Å². The van der Waals surface area contributed by atoms with Crippen molar-refractivity contribution in [3.05, 3.63) is 0 Å². The number of primary amides is 1. The largest absolute Gasteiger partial charge is 0.351 e. The minimum Gasteiger partial charge on any atom is -0.351 e. The summed E-state index contributed by atoms with van der Waals surface area (Å²) in [5, 5.41) is 4.91. The number of hydrogen-bond donors (Lipinski definition) is 3. The number of imide groups is 1. The van der Waals surface area contributed by atoms with Crippen LogP contribution in [-0.4, -0.2) is 24.5 Å². The Morgan fingerprint density at radius 1 is 1.50 bits per heavy atom. The van der Waals surface area contributed by atoms with E-state index in [0.29, 0.717) is 0 Å². The summed E-state index contributed by atoms with van der Waals surface area (Å²) in [5.41, 5.74) is 4.76. The second-order valence-corrected chi connectivity index (χ2v) is 2.53. The van der Waals surface area contributed by atoms with Crippen molar-refractivity contribution in [3.8, 4) is 0 Å². The van der Waals surface area contributed by atoms with Crippen molar-refractivity contribution in [2.24, 2.45) is 5.73 Å². The molecule has 5 heteroatoms. The van der Waals surface area contributed by atoms with Crippen LogP contribution in [0.15, 0.2) is 0 Å². The summed E-state index contributed by atoms with van der Waals surface area (Å²) < 4.78 is 0. The fraction of sp³-hybridized carbons (Fsp3) is 0.714. The van der Waals surface area contributed by atoms with Crippen LogP contribution < -0.4 is 16.4 Å². The molecule has 0 aromatic carbocycles. The Hall–Kier alpha value is -1.10. The van der Waals surface area contributed by atoms with Gasteiger partial charge in [-0.2, -0.15) is 0 Å². The molecule has 4 N–H and O–H groups in total. The highest BCUT2D eigenvalue weighted by Gasteiger charge is 2.12. The first-order valence-electron chi connectivity index (χ1n) is 3.91. The van der Waals surface area contributed by atoms with Crippen molar-refractivity contribution >= 4 is 11.9 Å². The molecule has 0 aliphatic carbocycles. The molecule has 0 bridgehead atoms. The lowest BCUT2D eigenvalue weighted by Crippen LogP contribution is -2.46. The third kappa shape index (κ3) is 4.68. The van der Waals surface area contributed by atoms with E-state index in [1.165, 1.54) is 0 Å². The van der Waals surface area contributed by atoms with Gasteiger partial charge in [0.25, 0.3) is 0 Å². The maximum absolute atomic E-state index is 11.0. The standard InChI is InChI=1S/C7H15N3O2/c1-3-4-9-5(2)6(11)10-7(8)12/h5,9H,3-4H2,1-2H3,(H3,8,10,11,12). The van der Waals surface area contributed by atoms with Crippen molar-refractivity contribution in [3.63, 3.8) is 0 Å². The first-order valence-corrected chi connectivity index (χ1v) is 3.91. The minimum atomic E-state index is -0.815. The Kier molecular flexibility index (Phi) is 5.03. The van der Waals surface area contributed by atoms with E-state index in [0.717, 1.165) is 13.0 Å². The average Bonchev–Trinajstić information content (AvgIpc) is 1.98. The van der Waals surface area contributed by atoms with Gasteiger partial charge in [0.15, 0.2) is 0 Å². The zero-order valence-electron chi connectivity index (χ0n) is 7.39. The van der Waals surface area contributed by atoms with Crippen LogP contribution >= 0.6 is 0 Å². The Morgan fingerprint density at radius 2 is 2.08 bits per heavy atom. The summed E-state index contributed by atoms with van der Waals surface area (Å²) in [6.45, 7) is 4.41. The first kappa shape index (κ1) is 10.9. The van der Waals surface area contributed by atoms with E-state index in [-0.39, 0.29) is 6.04 Å². The van der Waals surface area contributed by atoms with E-state index < -0.39 is 11.9 Å². The SMILES string of the molecule is CCCNC(C)C(=O)NC(N)=O. The molecule has 1 atom stereocenters. The minimum absolute atomic E-state index is 0.377. The molecule has 0 fully saturated rings. The zero-order valence-corrected chi connectivity index (χ0v) is 7.39. The highest BCUT2D eigenvalue weighted by molar-refractivity contribution is 5.96. The van der Waals surface area contributed by atoms with Gasteiger partial charge in [0.1, 0.15) is 0 Å². The number of carbonyl (C=O) groups is 2. The van der Waals surface area contributed by atoms with E-state index in [2.05, 4.69) is 5.32 Å². The smallest absolute Gasteiger partial charge is 0.318 e. The van der Waals surface area contributed by atoms with Gasteiger partial charge >= 0.3 is 6.03 Å². The lowest BCUT2D eigenvalue weighted by Gasteiger charge is -2.10. The molecule has 0 spiro atoms. The number of urea groups is 1. The molecule has 0 aromatic heterocycles. The summed E-state index contributed by atoms with van der Waals surface area (Å²) in [6, 6.07) is -1.19. The van der Waals surface area contributed by atoms with E-state index in [4.69, 9.17) is 5.73 Å².